The van der Waals surface area contributed by atoms with Gasteiger partial charge >= 0.3 is 0 Å². The van der Waals surface area contributed by atoms with Gasteiger partial charge < -0.3 is 11.1 Å². The summed E-state index contributed by atoms with van der Waals surface area (Å²) in [5.41, 5.74) is 6.89. The molecule has 2 aromatic rings. The average Bonchev–Trinajstić information content (AvgIpc) is 2.30. The first-order valence-corrected chi connectivity index (χ1v) is 4.81. The zero-order chi connectivity index (χ0) is 11.4. The molecule has 0 saturated carbocycles. The van der Waals surface area contributed by atoms with E-state index in [4.69, 9.17) is 5.73 Å². The fourth-order valence-corrected chi connectivity index (χ4v) is 1.22. The van der Waals surface area contributed by atoms with Crippen molar-refractivity contribution in [3.63, 3.8) is 0 Å². The quantitative estimate of drug-likeness (QED) is 0.824. The monoisotopic (exact) mass is 218 g/mol. The lowest BCUT2D eigenvalue weighted by Gasteiger charge is -2.04. The molecule has 0 aliphatic rings. The molecule has 0 spiro atoms. The molecule has 0 fully saturated rings. The lowest BCUT2D eigenvalue weighted by atomic mass is 10.3. The molecule has 2 rings (SSSR count). The van der Waals surface area contributed by atoms with Crippen molar-refractivity contribution in [3.05, 3.63) is 48.0 Å². The van der Waals surface area contributed by atoms with Gasteiger partial charge in [-0.05, 0) is 18.2 Å². The van der Waals surface area contributed by atoms with Crippen LogP contribution in [-0.2, 0) is 6.54 Å². The molecule has 0 aliphatic carbocycles. The van der Waals surface area contributed by atoms with Gasteiger partial charge in [-0.3, -0.25) is 0 Å². The van der Waals surface area contributed by atoms with E-state index in [9.17, 15) is 4.39 Å². The summed E-state index contributed by atoms with van der Waals surface area (Å²) >= 11 is 0. The summed E-state index contributed by atoms with van der Waals surface area (Å²) in [5.74, 6) is 0.117. The molecule has 4 nitrogen and oxygen atoms in total. The highest BCUT2D eigenvalue weighted by atomic mass is 19.1. The number of nitrogens with two attached hydrogens (primary N) is 1. The third-order valence-electron chi connectivity index (χ3n) is 2.02. The van der Waals surface area contributed by atoms with Crippen molar-refractivity contribution in [1.29, 1.82) is 0 Å². The Hall–Kier alpha value is -2.01. The van der Waals surface area contributed by atoms with Crippen LogP contribution in [0, 0.1) is 5.82 Å². The first-order valence-electron chi connectivity index (χ1n) is 4.81. The Bertz CT molecular complexity index is 470. The van der Waals surface area contributed by atoms with E-state index in [0.717, 1.165) is 5.56 Å². The molecule has 0 bridgehead atoms. The standard InChI is InChI=1S/C11H11FN4/c12-9-2-1-3-10(4-9)16-11-14-6-8(5-13)7-15-11/h1-4,6-7H,5,13H2,(H,14,15,16). The summed E-state index contributed by atoms with van der Waals surface area (Å²) < 4.78 is 12.9. The summed E-state index contributed by atoms with van der Waals surface area (Å²) in [6.07, 6.45) is 3.27. The van der Waals surface area contributed by atoms with E-state index in [1.807, 2.05) is 0 Å². The molecule has 16 heavy (non-hydrogen) atoms. The maximum Gasteiger partial charge on any atom is 0.227 e. The molecular weight excluding hydrogens is 207 g/mol. The number of rotatable bonds is 3. The Labute approximate surface area is 92.3 Å². The number of benzene rings is 1. The second kappa shape index (κ2) is 4.67. The molecule has 0 saturated heterocycles. The van der Waals surface area contributed by atoms with Gasteiger partial charge in [0.05, 0.1) is 0 Å². The highest BCUT2D eigenvalue weighted by Gasteiger charge is 1.98. The predicted molar refractivity (Wildman–Crippen MR) is 59.6 cm³/mol. The molecule has 0 radical (unpaired) electrons. The fraction of sp³-hybridized carbons (Fsp3) is 0.0909. The minimum absolute atomic E-state index is 0.302. The highest BCUT2D eigenvalue weighted by molar-refractivity contribution is 5.52. The van der Waals surface area contributed by atoms with Crippen molar-refractivity contribution in [2.45, 2.75) is 6.54 Å². The normalized spacial score (nSPS) is 10.1. The first-order chi connectivity index (χ1) is 7.78. The van der Waals surface area contributed by atoms with Crippen LogP contribution in [0.1, 0.15) is 5.56 Å². The Morgan fingerprint density at radius 3 is 2.62 bits per heavy atom. The van der Waals surface area contributed by atoms with E-state index in [0.29, 0.717) is 18.2 Å². The largest absolute Gasteiger partial charge is 0.326 e. The molecule has 0 amide bonds. The van der Waals surface area contributed by atoms with E-state index in [1.54, 1.807) is 24.5 Å². The van der Waals surface area contributed by atoms with Gasteiger partial charge in [0.15, 0.2) is 0 Å². The van der Waals surface area contributed by atoms with Crippen LogP contribution in [0.2, 0.25) is 0 Å². The molecule has 0 unspecified atom stereocenters. The molecule has 1 aromatic heterocycles. The first kappa shape index (κ1) is 10.5. The Balaban J connectivity index is 2.14. The molecule has 5 heteroatoms. The van der Waals surface area contributed by atoms with E-state index in [1.165, 1.54) is 12.1 Å². The second-order valence-corrected chi connectivity index (χ2v) is 3.25. The van der Waals surface area contributed by atoms with Gasteiger partial charge in [0.2, 0.25) is 5.95 Å². The number of nitrogens with one attached hydrogen (secondary N) is 1. The van der Waals surface area contributed by atoms with Gasteiger partial charge in [0, 0.05) is 30.2 Å². The Morgan fingerprint density at radius 1 is 1.25 bits per heavy atom. The van der Waals surface area contributed by atoms with Gasteiger partial charge in [-0.1, -0.05) is 6.07 Å². The SMILES string of the molecule is NCc1cnc(Nc2cccc(F)c2)nc1. The molecule has 0 aliphatic heterocycles. The van der Waals surface area contributed by atoms with Crippen molar-refractivity contribution in [1.82, 2.24) is 9.97 Å². The number of anilines is 2. The van der Waals surface area contributed by atoms with Crippen molar-refractivity contribution in [2.24, 2.45) is 5.73 Å². The van der Waals surface area contributed by atoms with E-state index >= 15 is 0 Å². The summed E-state index contributed by atoms with van der Waals surface area (Å²) in [7, 11) is 0. The molecule has 0 atom stereocenters. The smallest absolute Gasteiger partial charge is 0.227 e. The van der Waals surface area contributed by atoms with Crippen molar-refractivity contribution in [2.75, 3.05) is 5.32 Å². The van der Waals surface area contributed by atoms with Crippen LogP contribution in [0.4, 0.5) is 16.0 Å². The maximum absolute atomic E-state index is 12.9. The van der Waals surface area contributed by atoms with Crippen LogP contribution in [0.25, 0.3) is 0 Å². The lowest BCUT2D eigenvalue weighted by Crippen LogP contribution is -2.01. The van der Waals surface area contributed by atoms with E-state index in [-0.39, 0.29) is 5.82 Å². The van der Waals surface area contributed by atoms with Crippen molar-refractivity contribution in [3.8, 4) is 0 Å². The number of hydrogen-bond acceptors (Lipinski definition) is 4. The topological polar surface area (TPSA) is 63.8 Å². The molecule has 1 aromatic carbocycles. The van der Waals surface area contributed by atoms with Crippen LogP contribution in [0.3, 0.4) is 0 Å². The maximum atomic E-state index is 12.9. The molecular formula is C11H11FN4. The fourth-order valence-electron chi connectivity index (χ4n) is 1.22. The molecule has 1 heterocycles. The van der Waals surface area contributed by atoms with Gasteiger partial charge in [0.1, 0.15) is 5.82 Å². The lowest BCUT2D eigenvalue weighted by molar-refractivity contribution is 0.628. The summed E-state index contributed by atoms with van der Waals surface area (Å²) in [6, 6.07) is 6.11. The van der Waals surface area contributed by atoms with E-state index < -0.39 is 0 Å². The molecule has 82 valence electrons. The van der Waals surface area contributed by atoms with Crippen LogP contribution in [0.15, 0.2) is 36.7 Å². The Morgan fingerprint density at radius 2 is 2.00 bits per heavy atom. The number of nitrogens with zero attached hydrogens (tertiary/aromatic N) is 2. The van der Waals surface area contributed by atoms with Crippen LogP contribution >= 0.6 is 0 Å². The Kier molecular flexibility index (Phi) is 3.07. The molecule has 3 N–H and O–H groups in total. The van der Waals surface area contributed by atoms with Gasteiger partial charge in [-0.25, -0.2) is 14.4 Å². The average molecular weight is 218 g/mol. The number of hydrogen-bond donors (Lipinski definition) is 2. The van der Waals surface area contributed by atoms with Crippen LogP contribution in [0.5, 0.6) is 0 Å². The summed E-state index contributed by atoms with van der Waals surface area (Å²) in [6.45, 7) is 0.403. The van der Waals surface area contributed by atoms with Gasteiger partial charge in [0.25, 0.3) is 0 Å². The zero-order valence-electron chi connectivity index (χ0n) is 8.52. The van der Waals surface area contributed by atoms with E-state index in [2.05, 4.69) is 15.3 Å². The third kappa shape index (κ3) is 2.52. The number of aromatic nitrogens is 2. The van der Waals surface area contributed by atoms with Crippen LogP contribution in [-0.4, -0.2) is 9.97 Å². The minimum Gasteiger partial charge on any atom is -0.326 e. The highest BCUT2D eigenvalue weighted by Crippen LogP contribution is 2.13. The van der Waals surface area contributed by atoms with Gasteiger partial charge in [-0.15, -0.1) is 0 Å². The summed E-state index contributed by atoms with van der Waals surface area (Å²) in [4.78, 5) is 8.10. The van der Waals surface area contributed by atoms with Crippen molar-refractivity contribution < 1.29 is 4.39 Å². The number of halogens is 1. The zero-order valence-corrected chi connectivity index (χ0v) is 8.52. The minimum atomic E-state index is -0.302. The second-order valence-electron chi connectivity index (χ2n) is 3.25. The predicted octanol–water partition coefficient (Wildman–Crippen LogP) is 1.82. The van der Waals surface area contributed by atoms with Gasteiger partial charge in [-0.2, -0.15) is 0 Å². The summed E-state index contributed by atoms with van der Waals surface area (Å²) in [5, 5.41) is 2.89. The third-order valence-corrected chi connectivity index (χ3v) is 2.02. The van der Waals surface area contributed by atoms with Crippen molar-refractivity contribution >= 4 is 11.6 Å². The van der Waals surface area contributed by atoms with Crippen LogP contribution < -0.4 is 11.1 Å².